The fourth-order valence-corrected chi connectivity index (χ4v) is 1.06. The molecule has 0 aliphatic rings. The minimum atomic E-state index is -0.332. The Bertz CT molecular complexity index is 67.3. The third-order valence-electron chi connectivity index (χ3n) is 0.552. The molecule has 3 heteroatoms. The van der Waals surface area contributed by atoms with Crippen LogP contribution in [0.5, 0.6) is 0 Å². The first-order chi connectivity index (χ1) is 3.42. The standard InChI is InChI=1S/C5H12ClNS/c1-4(8)7-5(2,3)6/h4,7-8H,1-3H3. The number of alkyl halides is 1. The molecule has 0 radical (unpaired) electrons. The van der Waals surface area contributed by atoms with Gasteiger partial charge in [0.1, 0.15) is 0 Å². The van der Waals surface area contributed by atoms with E-state index in [0.717, 1.165) is 0 Å². The van der Waals surface area contributed by atoms with Crippen molar-refractivity contribution in [2.75, 3.05) is 0 Å². The van der Waals surface area contributed by atoms with E-state index in [2.05, 4.69) is 17.9 Å². The predicted octanol–water partition coefficient (Wildman–Crippen LogP) is 1.83. The summed E-state index contributed by atoms with van der Waals surface area (Å²) in [6.07, 6.45) is 0. The first-order valence-corrected chi connectivity index (χ1v) is 3.46. The highest BCUT2D eigenvalue weighted by atomic mass is 35.5. The Morgan fingerprint density at radius 1 is 1.62 bits per heavy atom. The Hall–Kier alpha value is 0.600. The Morgan fingerprint density at radius 2 is 2.00 bits per heavy atom. The second-order valence-corrected chi connectivity index (χ2v) is 4.01. The van der Waals surface area contributed by atoms with Gasteiger partial charge in [0.05, 0.1) is 5.00 Å². The number of hydrogen-bond donors (Lipinski definition) is 2. The molecule has 0 aromatic rings. The second-order valence-electron chi connectivity index (χ2n) is 2.29. The lowest BCUT2D eigenvalue weighted by molar-refractivity contribution is 0.531. The van der Waals surface area contributed by atoms with E-state index in [9.17, 15) is 0 Å². The van der Waals surface area contributed by atoms with Crippen molar-refractivity contribution < 1.29 is 0 Å². The van der Waals surface area contributed by atoms with E-state index in [0.29, 0.717) is 0 Å². The van der Waals surface area contributed by atoms with Gasteiger partial charge in [-0.1, -0.05) is 0 Å². The minimum Gasteiger partial charge on any atom is -0.288 e. The van der Waals surface area contributed by atoms with Crippen LogP contribution in [0, 0.1) is 0 Å². The molecule has 8 heavy (non-hydrogen) atoms. The Morgan fingerprint density at radius 3 is 2.00 bits per heavy atom. The molecule has 0 aliphatic heterocycles. The van der Waals surface area contributed by atoms with E-state index in [4.69, 9.17) is 11.6 Å². The van der Waals surface area contributed by atoms with Crippen LogP contribution in [-0.4, -0.2) is 10.4 Å². The monoisotopic (exact) mass is 153 g/mol. The lowest BCUT2D eigenvalue weighted by Crippen LogP contribution is -2.37. The van der Waals surface area contributed by atoms with Crippen LogP contribution >= 0.6 is 24.2 Å². The van der Waals surface area contributed by atoms with Crippen molar-refractivity contribution in [3.05, 3.63) is 0 Å². The molecule has 0 aliphatic carbocycles. The average Bonchev–Trinajstić information content (AvgIpc) is 1.21. The van der Waals surface area contributed by atoms with Crippen LogP contribution in [0.1, 0.15) is 20.8 Å². The van der Waals surface area contributed by atoms with Crippen LogP contribution in [0.4, 0.5) is 0 Å². The Kier molecular flexibility index (Phi) is 3.17. The molecule has 0 bridgehead atoms. The van der Waals surface area contributed by atoms with E-state index in [1.165, 1.54) is 0 Å². The Balaban J connectivity index is 3.39. The van der Waals surface area contributed by atoms with Crippen molar-refractivity contribution >= 4 is 24.2 Å². The number of rotatable bonds is 2. The third kappa shape index (κ3) is 6.60. The minimum absolute atomic E-state index is 0.155. The maximum atomic E-state index is 5.77. The fraction of sp³-hybridized carbons (Fsp3) is 1.00. The molecular formula is C5H12ClNS. The molecule has 0 heterocycles. The maximum Gasteiger partial charge on any atom is 0.0887 e. The molecule has 1 N–H and O–H groups in total. The van der Waals surface area contributed by atoms with Gasteiger partial charge < -0.3 is 0 Å². The largest absolute Gasteiger partial charge is 0.288 e. The zero-order valence-electron chi connectivity index (χ0n) is 5.40. The van der Waals surface area contributed by atoms with Crippen LogP contribution < -0.4 is 5.32 Å². The zero-order chi connectivity index (χ0) is 6.78. The van der Waals surface area contributed by atoms with Crippen molar-refractivity contribution in [3.8, 4) is 0 Å². The molecule has 0 aromatic carbocycles. The van der Waals surface area contributed by atoms with E-state index in [-0.39, 0.29) is 10.4 Å². The highest BCUT2D eigenvalue weighted by Gasteiger charge is 2.12. The predicted molar refractivity (Wildman–Crippen MR) is 41.5 cm³/mol. The van der Waals surface area contributed by atoms with Gasteiger partial charge in [-0.05, 0) is 20.8 Å². The third-order valence-corrected chi connectivity index (χ3v) is 0.790. The topological polar surface area (TPSA) is 12.0 Å². The van der Waals surface area contributed by atoms with E-state index >= 15 is 0 Å². The van der Waals surface area contributed by atoms with Crippen LogP contribution in [0.25, 0.3) is 0 Å². The van der Waals surface area contributed by atoms with Gasteiger partial charge in [-0.2, -0.15) is 12.6 Å². The first kappa shape index (κ1) is 8.60. The number of nitrogens with one attached hydrogen (secondary N) is 1. The van der Waals surface area contributed by atoms with E-state index in [1.54, 1.807) is 0 Å². The van der Waals surface area contributed by atoms with Crippen LogP contribution in [0.3, 0.4) is 0 Å². The number of thiol groups is 1. The van der Waals surface area contributed by atoms with Gasteiger partial charge in [-0.15, -0.1) is 11.6 Å². The SMILES string of the molecule is CC(S)NC(C)(C)Cl. The summed E-state index contributed by atoms with van der Waals surface area (Å²) in [5.74, 6) is 0. The van der Waals surface area contributed by atoms with Gasteiger partial charge in [0.2, 0.25) is 0 Å². The molecule has 1 atom stereocenters. The summed E-state index contributed by atoms with van der Waals surface area (Å²) in [5.41, 5.74) is 0. The summed E-state index contributed by atoms with van der Waals surface area (Å²) in [6.45, 7) is 5.72. The summed E-state index contributed by atoms with van der Waals surface area (Å²) >= 11 is 9.86. The Labute approximate surface area is 61.2 Å². The highest BCUT2D eigenvalue weighted by Crippen LogP contribution is 2.09. The highest BCUT2D eigenvalue weighted by molar-refractivity contribution is 7.80. The molecule has 0 amide bonds. The summed E-state index contributed by atoms with van der Waals surface area (Å²) in [7, 11) is 0. The van der Waals surface area contributed by atoms with Crippen molar-refractivity contribution in [2.24, 2.45) is 0 Å². The molecule has 0 fully saturated rings. The molecule has 1 unspecified atom stereocenters. The first-order valence-electron chi connectivity index (χ1n) is 2.56. The molecule has 0 rings (SSSR count). The average molecular weight is 154 g/mol. The van der Waals surface area contributed by atoms with E-state index in [1.807, 2.05) is 20.8 Å². The zero-order valence-corrected chi connectivity index (χ0v) is 7.05. The molecule has 0 saturated carbocycles. The smallest absolute Gasteiger partial charge is 0.0887 e. The summed E-state index contributed by atoms with van der Waals surface area (Å²) in [4.78, 5) is -0.332. The van der Waals surface area contributed by atoms with Gasteiger partial charge in [-0.3, -0.25) is 5.32 Å². The van der Waals surface area contributed by atoms with Gasteiger partial charge >= 0.3 is 0 Å². The lowest BCUT2D eigenvalue weighted by Gasteiger charge is -2.19. The van der Waals surface area contributed by atoms with Crippen LogP contribution in [0.2, 0.25) is 0 Å². The van der Waals surface area contributed by atoms with Crippen molar-refractivity contribution in [1.29, 1.82) is 0 Å². The number of hydrogen-bond acceptors (Lipinski definition) is 2. The van der Waals surface area contributed by atoms with Crippen LogP contribution in [-0.2, 0) is 0 Å². The fourth-order valence-electron chi connectivity index (χ4n) is 0.497. The molecule has 50 valence electrons. The summed E-state index contributed by atoms with van der Waals surface area (Å²) in [5, 5.41) is 3.17. The van der Waals surface area contributed by atoms with Gasteiger partial charge in [0, 0.05) is 5.37 Å². The number of halogens is 1. The molecular weight excluding hydrogens is 142 g/mol. The molecule has 1 nitrogen and oxygen atoms in total. The van der Waals surface area contributed by atoms with Crippen molar-refractivity contribution in [2.45, 2.75) is 31.1 Å². The van der Waals surface area contributed by atoms with Gasteiger partial charge in [0.15, 0.2) is 0 Å². The van der Waals surface area contributed by atoms with Crippen molar-refractivity contribution in [1.82, 2.24) is 5.32 Å². The van der Waals surface area contributed by atoms with Crippen molar-refractivity contribution in [3.63, 3.8) is 0 Å². The van der Waals surface area contributed by atoms with Gasteiger partial charge in [-0.25, -0.2) is 0 Å². The van der Waals surface area contributed by atoms with E-state index < -0.39 is 0 Å². The molecule has 0 spiro atoms. The summed E-state index contributed by atoms with van der Waals surface area (Å²) < 4.78 is 0. The molecule has 0 saturated heterocycles. The quantitative estimate of drug-likeness (QED) is 0.267. The van der Waals surface area contributed by atoms with Crippen LogP contribution in [0.15, 0.2) is 0 Å². The maximum absolute atomic E-state index is 5.77. The normalized spacial score (nSPS) is 16.1. The molecule has 0 aromatic heterocycles. The summed E-state index contributed by atoms with van der Waals surface area (Å²) in [6, 6.07) is 0. The second kappa shape index (κ2) is 2.95. The van der Waals surface area contributed by atoms with Gasteiger partial charge in [0.25, 0.3) is 0 Å². The lowest BCUT2D eigenvalue weighted by atomic mass is 10.4.